The van der Waals surface area contributed by atoms with Crippen molar-refractivity contribution in [3.63, 3.8) is 0 Å². The number of amides is 1. The zero-order valence-electron chi connectivity index (χ0n) is 13.7. The second-order valence-electron chi connectivity index (χ2n) is 6.78. The Kier molecular flexibility index (Phi) is 5.22. The summed E-state index contributed by atoms with van der Waals surface area (Å²) >= 11 is 0. The highest BCUT2D eigenvalue weighted by atomic mass is 16.3. The molecule has 2 N–H and O–H groups in total. The predicted octanol–water partition coefficient (Wildman–Crippen LogP) is 4.10. The average Bonchev–Trinajstić information content (AvgIpc) is 2.53. The van der Waals surface area contributed by atoms with Crippen molar-refractivity contribution in [2.45, 2.75) is 52.9 Å². The van der Waals surface area contributed by atoms with Crippen LogP contribution in [0.5, 0.6) is 5.75 Å². The van der Waals surface area contributed by atoms with Crippen molar-refractivity contribution in [3.8, 4) is 5.75 Å². The van der Waals surface area contributed by atoms with Crippen molar-refractivity contribution < 1.29 is 9.90 Å². The number of benzene rings is 1. The van der Waals surface area contributed by atoms with Crippen LogP contribution in [-0.4, -0.2) is 16.7 Å². The number of hydrogen-bond donors (Lipinski definition) is 2. The maximum absolute atomic E-state index is 12.0. The topological polar surface area (TPSA) is 61.7 Å². The summed E-state index contributed by atoms with van der Waals surface area (Å²) in [5, 5.41) is 13.5. The second-order valence-corrected chi connectivity index (χ2v) is 6.78. The van der Waals surface area contributed by atoms with Gasteiger partial charge in [0.1, 0.15) is 5.75 Å². The molecule has 1 amide bonds. The maximum atomic E-state index is 12.0. The first-order valence-electron chi connectivity index (χ1n) is 8.07. The summed E-state index contributed by atoms with van der Waals surface area (Å²) in [6.07, 6.45) is 5.42. The molecule has 0 unspecified atom stereocenters. The normalized spacial score (nSPS) is 18.9. The van der Waals surface area contributed by atoms with Gasteiger partial charge < -0.3 is 5.11 Å². The molecule has 120 valence electrons. The summed E-state index contributed by atoms with van der Waals surface area (Å²) in [5.41, 5.74) is 4.59. The number of hydrogen-bond acceptors (Lipinski definition) is 3. The minimum Gasteiger partial charge on any atom is -0.508 e. The fourth-order valence-corrected chi connectivity index (χ4v) is 2.94. The third-order valence-electron chi connectivity index (χ3n) is 5.02. The zero-order valence-corrected chi connectivity index (χ0v) is 13.7. The van der Waals surface area contributed by atoms with E-state index >= 15 is 0 Å². The van der Waals surface area contributed by atoms with Gasteiger partial charge in [0, 0.05) is 11.3 Å². The molecule has 0 aliphatic heterocycles. The largest absolute Gasteiger partial charge is 0.508 e. The van der Waals surface area contributed by atoms with E-state index in [1.54, 1.807) is 12.1 Å². The summed E-state index contributed by atoms with van der Waals surface area (Å²) in [7, 11) is 0. The number of phenolic OH excluding ortho intramolecular Hbond substituents is 1. The molecule has 1 aromatic carbocycles. The van der Waals surface area contributed by atoms with Crippen LogP contribution in [0.4, 0.5) is 0 Å². The van der Waals surface area contributed by atoms with E-state index in [1.807, 2.05) is 0 Å². The number of rotatable bonds is 4. The maximum Gasteiger partial charge on any atom is 0.271 e. The minimum atomic E-state index is -0.233. The number of aromatic hydroxyl groups is 1. The number of nitrogens with zero attached hydrogens (tertiary/aromatic N) is 1. The van der Waals surface area contributed by atoms with Gasteiger partial charge in [-0.3, -0.25) is 4.79 Å². The standard InChI is InChI=1S/C18H26N2O2/c1-4-18(2,3)14-7-9-15(10-8-14)19-20-17(22)13-5-11-16(21)12-6-13/h5-6,11-12,14,21H,4,7-10H2,1-3H3,(H,20,22). The molecule has 1 aliphatic carbocycles. The lowest BCUT2D eigenvalue weighted by atomic mass is 9.69. The average molecular weight is 302 g/mol. The Labute approximate surface area is 132 Å². The van der Waals surface area contributed by atoms with Gasteiger partial charge in [0.2, 0.25) is 0 Å². The van der Waals surface area contributed by atoms with Crippen LogP contribution in [0, 0.1) is 11.3 Å². The van der Waals surface area contributed by atoms with Crippen LogP contribution in [0.25, 0.3) is 0 Å². The molecular formula is C18H26N2O2. The molecule has 0 saturated heterocycles. The van der Waals surface area contributed by atoms with Crippen LogP contribution in [0.2, 0.25) is 0 Å². The lowest BCUT2D eigenvalue weighted by Gasteiger charge is -2.36. The molecule has 4 heteroatoms. The molecular weight excluding hydrogens is 276 g/mol. The highest BCUT2D eigenvalue weighted by Crippen LogP contribution is 2.39. The lowest BCUT2D eigenvalue weighted by molar-refractivity contribution is 0.0954. The molecule has 1 fully saturated rings. The first-order valence-corrected chi connectivity index (χ1v) is 8.07. The van der Waals surface area contributed by atoms with Gasteiger partial charge in [0.05, 0.1) is 0 Å². The first kappa shape index (κ1) is 16.5. The van der Waals surface area contributed by atoms with E-state index in [2.05, 4.69) is 31.3 Å². The van der Waals surface area contributed by atoms with Crippen molar-refractivity contribution in [1.29, 1.82) is 0 Å². The number of hydrazone groups is 1. The second kappa shape index (κ2) is 6.95. The molecule has 0 aromatic heterocycles. The van der Waals surface area contributed by atoms with E-state index in [0.717, 1.165) is 37.3 Å². The number of phenols is 1. The van der Waals surface area contributed by atoms with Crippen LogP contribution in [-0.2, 0) is 0 Å². The Hall–Kier alpha value is -1.84. The lowest BCUT2D eigenvalue weighted by Crippen LogP contribution is -2.29. The molecule has 4 nitrogen and oxygen atoms in total. The highest BCUT2D eigenvalue weighted by molar-refractivity contribution is 5.95. The van der Waals surface area contributed by atoms with E-state index in [4.69, 9.17) is 0 Å². The van der Waals surface area contributed by atoms with Gasteiger partial charge >= 0.3 is 0 Å². The van der Waals surface area contributed by atoms with Gasteiger partial charge in [-0.2, -0.15) is 5.10 Å². The third-order valence-corrected chi connectivity index (χ3v) is 5.02. The van der Waals surface area contributed by atoms with E-state index < -0.39 is 0 Å². The van der Waals surface area contributed by atoms with Gasteiger partial charge in [-0.05, 0) is 61.3 Å². The Morgan fingerprint density at radius 1 is 1.27 bits per heavy atom. The molecule has 1 aliphatic rings. The SMILES string of the molecule is CCC(C)(C)C1CCC(=NNC(=O)c2ccc(O)cc2)CC1. The first-order chi connectivity index (χ1) is 10.4. The summed E-state index contributed by atoms with van der Waals surface area (Å²) in [6.45, 7) is 6.93. The Bertz CT molecular complexity index is 537. The highest BCUT2D eigenvalue weighted by Gasteiger charge is 2.30. The van der Waals surface area contributed by atoms with Crippen LogP contribution >= 0.6 is 0 Å². The Balaban J connectivity index is 1.88. The van der Waals surface area contributed by atoms with Crippen molar-refractivity contribution in [1.82, 2.24) is 5.43 Å². The van der Waals surface area contributed by atoms with Crippen molar-refractivity contribution in [2.24, 2.45) is 16.4 Å². The molecule has 22 heavy (non-hydrogen) atoms. The fraction of sp³-hybridized carbons (Fsp3) is 0.556. The molecule has 1 saturated carbocycles. The van der Waals surface area contributed by atoms with Gasteiger partial charge in [0.15, 0.2) is 0 Å². The van der Waals surface area contributed by atoms with E-state index in [1.165, 1.54) is 18.6 Å². The molecule has 0 radical (unpaired) electrons. The smallest absolute Gasteiger partial charge is 0.271 e. The van der Waals surface area contributed by atoms with E-state index in [9.17, 15) is 9.90 Å². The quantitative estimate of drug-likeness (QED) is 0.822. The van der Waals surface area contributed by atoms with Crippen molar-refractivity contribution in [3.05, 3.63) is 29.8 Å². The fourth-order valence-electron chi connectivity index (χ4n) is 2.94. The van der Waals surface area contributed by atoms with Gasteiger partial charge in [-0.1, -0.05) is 27.2 Å². The summed E-state index contributed by atoms with van der Waals surface area (Å²) in [4.78, 5) is 12.0. The predicted molar refractivity (Wildman–Crippen MR) is 89.0 cm³/mol. The van der Waals surface area contributed by atoms with Crippen molar-refractivity contribution >= 4 is 11.6 Å². The van der Waals surface area contributed by atoms with Crippen LogP contribution in [0.1, 0.15) is 63.2 Å². The Morgan fingerprint density at radius 3 is 2.41 bits per heavy atom. The third kappa shape index (κ3) is 4.09. The molecule has 0 bridgehead atoms. The van der Waals surface area contributed by atoms with Crippen LogP contribution in [0.15, 0.2) is 29.4 Å². The Morgan fingerprint density at radius 2 is 1.86 bits per heavy atom. The zero-order chi connectivity index (χ0) is 16.2. The van der Waals surface area contributed by atoms with E-state index in [-0.39, 0.29) is 11.7 Å². The van der Waals surface area contributed by atoms with Gasteiger partial charge in [0.25, 0.3) is 5.91 Å². The molecule has 2 rings (SSSR count). The summed E-state index contributed by atoms with van der Waals surface area (Å²) in [5.74, 6) is 0.660. The van der Waals surface area contributed by atoms with Crippen molar-refractivity contribution in [2.75, 3.05) is 0 Å². The van der Waals surface area contributed by atoms with Crippen LogP contribution in [0.3, 0.4) is 0 Å². The molecule has 0 atom stereocenters. The van der Waals surface area contributed by atoms with Gasteiger partial charge in [-0.15, -0.1) is 0 Å². The van der Waals surface area contributed by atoms with Crippen LogP contribution < -0.4 is 5.43 Å². The summed E-state index contributed by atoms with van der Waals surface area (Å²) in [6, 6.07) is 6.18. The number of carbonyl (C=O) groups is 1. The van der Waals surface area contributed by atoms with Gasteiger partial charge in [-0.25, -0.2) is 5.43 Å². The molecule has 0 spiro atoms. The summed E-state index contributed by atoms with van der Waals surface area (Å²) < 4.78 is 0. The molecule has 0 heterocycles. The minimum absolute atomic E-state index is 0.153. The van der Waals surface area contributed by atoms with E-state index in [0.29, 0.717) is 11.0 Å². The number of carbonyl (C=O) groups excluding carboxylic acids is 1. The molecule has 1 aromatic rings. The number of nitrogens with one attached hydrogen (secondary N) is 1. The monoisotopic (exact) mass is 302 g/mol.